The Morgan fingerprint density at radius 1 is 1.00 bits per heavy atom. The molecule has 0 aliphatic rings. The zero-order valence-electron chi connectivity index (χ0n) is 7.03. The van der Waals surface area contributed by atoms with Crippen molar-refractivity contribution in [1.82, 2.24) is 0 Å². The van der Waals surface area contributed by atoms with E-state index >= 15 is 0 Å². The molecule has 0 aromatic heterocycles. The van der Waals surface area contributed by atoms with Gasteiger partial charge in [0, 0.05) is 0 Å². The van der Waals surface area contributed by atoms with Crippen LogP contribution in [-0.2, 0) is 4.57 Å². The van der Waals surface area contributed by atoms with Crippen LogP contribution in [0.2, 0.25) is 0 Å². The van der Waals surface area contributed by atoms with Crippen LogP contribution >= 0.6 is 7.82 Å². The van der Waals surface area contributed by atoms with Crippen LogP contribution in [0.3, 0.4) is 0 Å². The van der Waals surface area contributed by atoms with Gasteiger partial charge in [-0.1, -0.05) is 39.5 Å². The van der Waals surface area contributed by atoms with Gasteiger partial charge in [0.15, 0.2) is 0 Å². The second kappa shape index (κ2) is 8.21. The summed E-state index contributed by atoms with van der Waals surface area (Å²) in [5.74, 6) is 0. The quantitative estimate of drug-likeness (QED) is 0.460. The van der Waals surface area contributed by atoms with Gasteiger partial charge < -0.3 is 14.7 Å². The van der Waals surface area contributed by atoms with Gasteiger partial charge in [0.05, 0.1) is 0 Å². The van der Waals surface area contributed by atoms with Crippen LogP contribution in [-0.4, -0.2) is 14.7 Å². The normalized spacial score (nSPS) is 10.3. The van der Waals surface area contributed by atoms with Gasteiger partial charge in [-0.05, 0) is 0 Å². The molecule has 0 radical (unpaired) electrons. The Balaban J connectivity index is 0. The molecular formula is C6H17O4P. The average molecular weight is 184 g/mol. The van der Waals surface area contributed by atoms with E-state index < -0.39 is 7.82 Å². The summed E-state index contributed by atoms with van der Waals surface area (Å²) in [7, 11) is -4.64. The van der Waals surface area contributed by atoms with Crippen LogP contribution in [0.4, 0.5) is 0 Å². The third-order valence-corrected chi connectivity index (χ3v) is 0.957. The molecule has 0 rings (SSSR count). The second-order valence-electron chi connectivity index (χ2n) is 2.22. The first kappa shape index (κ1) is 13.7. The fourth-order valence-electron chi connectivity index (χ4n) is 0.500. The van der Waals surface area contributed by atoms with Gasteiger partial charge in [-0.3, -0.25) is 0 Å². The van der Waals surface area contributed by atoms with E-state index in [-0.39, 0.29) is 0 Å². The first-order valence-corrected chi connectivity index (χ1v) is 5.26. The maximum absolute atomic E-state index is 8.88. The smallest absolute Gasteiger partial charge is 0.303 e. The molecule has 0 fully saturated rings. The SMILES string of the molecule is CCCCCC.O=P(O)(O)O. The second-order valence-corrected chi connectivity index (χ2v) is 3.25. The van der Waals surface area contributed by atoms with Crippen LogP contribution in [0.5, 0.6) is 0 Å². The fourth-order valence-corrected chi connectivity index (χ4v) is 0.500. The zero-order chi connectivity index (χ0) is 9.33. The van der Waals surface area contributed by atoms with E-state index in [0.29, 0.717) is 0 Å². The molecule has 0 saturated carbocycles. The van der Waals surface area contributed by atoms with E-state index in [1.165, 1.54) is 25.7 Å². The molecule has 0 saturated heterocycles. The van der Waals surface area contributed by atoms with Crippen LogP contribution in [0.15, 0.2) is 0 Å². The minimum Gasteiger partial charge on any atom is -0.303 e. The largest absolute Gasteiger partial charge is 0.466 e. The number of hydrogen-bond acceptors (Lipinski definition) is 1. The minimum absolute atomic E-state index is 1.36. The first-order chi connectivity index (χ1) is 4.91. The molecule has 0 aromatic carbocycles. The Morgan fingerprint density at radius 3 is 1.27 bits per heavy atom. The number of rotatable bonds is 3. The fraction of sp³-hybridized carbons (Fsp3) is 1.00. The molecule has 0 aliphatic heterocycles. The molecule has 0 aromatic rings. The number of hydrogen-bond donors (Lipinski definition) is 3. The minimum atomic E-state index is -4.64. The van der Waals surface area contributed by atoms with Crippen LogP contribution in [0.25, 0.3) is 0 Å². The highest BCUT2D eigenvalue weighted by Gasteiger charge is 2.00. The van der Waals surface area contributed by atoms with Gasteiger partial charge in [-0.25, -0.2) is 4.57 Å². The summed E-state index contributed by atoms with van der Waals surface area (Å²) in [5.41, 5.74) is 0. The van der Waals surface area contributed by atoms with Gasteiger partial charge in [0.25, 0.3) is 0 Å². The average Bonchev–Trinajstić information content (AvgIpc) is 1.79. The molecule has 0 heterocycles. The molecule has 0 spiro atoms. The lowest BCUT2D eigenvalue weighted by atomic mass is 10.2. The molecule has 3 N–H and O–H groups in total. The molecule has 4 nitrogen and oxygen atoms in total. The van der Waals surface area contributed by atoms with Gasteiger partial charge >= 0.3 is 7.82 Å². The molecule has 11 heavy (non-hydrogen) atoms. The molecular weight excluding hydrogens is 167 g/mol. The van der Waals surface area contributed by atoms with Gasteiger partial charge in [-0.15, -0.1) is 0 Å². The Morgan fingerprint density at radius 2 is 1.18 bits per heavy atom. The van der Waals surface area contributed by atoms with E-state index in [2.05, 4.69) is 13.8 Å². The van der Waals surface area contributed by atoms with Gasteiger partial charge in [0.1, 0.15) is 0 Å². The van der Waals surface area contributed by atoms with Crippen molar-refractivity contribution in [2.75, 3.05) is 0 Å². The van der Waals surface area contributed by atoms with Crippen LogP contribution < -0.4 is 0 Å². The predicted octanol–water partition coefficient (Wildman–Crippen LogP) is 1.66. The number of phosphoric acid groups is 1. The molecule has 0 unspecified atom stereocenters. The summed E-state index contributed by atoms with van der Waals surface area (Å²) >= 11 is 0. The summed E-state index contributed by atoms with van der Waals surface area (Å²) in [6.45, 7) is 4.46. The van der Waals surface area contributed by atoms with Crippen molar-refractivity contribution in [2.45, 2.75) is 39.5 Å². The summed E-state index contributed by atoms with van der Waals surface area (Å²) < 4.78 is 8.88. The lowest BCUT2D eigenvalue weighted by Crippen LogP contribution is -1.66. The maximum Gasteiger partial charge on any atom is 0.466 e. The van der Waals surface area contributed by atoms with Crippen LogP contribution in [0, 0.1) is 0 Å². The van der Waals surface area contributed by atoms with E-state index in [9.17, 15) is 0 Å². The molecule has 0 bridgehead atoms. The third-order valence-electron chi connectivity index (χ3n) is 0.957. The highest BCUT2D eigenvalue weighted by molar-refractivity contribution is 7.45. The summed E-state index contributed by atoms with van der Waals surface area (Å²) in [6, 6.07) is 0. The van der Waals surface area contributed by atoms with E-state index in [4.69, 9.17) is 19.2 Å². The Labute approximate surface area is 67.5 Å². The van der Waals surface area contributed by atoms with E-state index in [0.717, 1.165) is 0 Å². The van der Waals surface area contributed by atoms with Crippen LogP contribution in [0.1, 0.15) is 39.5 Å². The van der Waals surface area contributed by atoms with Gasteiger partial charge in [-0.2, -0.15) is 0 Å². The molecule has 0 amide bonds. The molecule has 0 aliphatic carbocycles. The maximum atomic E-state index is 8.88. The highest BCUT2D eigenvalue weighted by atomic mass is 31.2. The topological polar surface area (TPSA) is 77.8 Å². The standard InChI is InChI=1S/C6H14.H3O4P/c1-3-5-6-4-2;1-5(2,3)4/h3-6H2,1-2H3;(H3,1,2,3,4). The third kappa shape index (κ3) is 68.7. The van der Waals surface area contributed by atoms with Crippen molar-refractivity contribution < 1.29 is 19.2 Å². The lowest BCUT2D eigenvalue weighted by Gasteiger charge is -1.86. The van der Waals surface area contributed by atoms with Crippen molar-refractivity contribution in [2.24, 2.45) is 0 Å². The van der Waals surface area contributed by atoms with E-state index in [1.807, 2.05) is 0 Å². The Hall–Kier alpha value is 0.110. The van der Waals surface area contributed by atoms with Crippen molar-refractivity contribution in [3.63, 3.8) is 0 Å². The molecule has 0 atom stereocenters. The first-order valence-electron chi connectivity index (χ1n) is 3.70. The van der Waals surface area contributed by atoms with Crippen molar-refractivity contribution in [3.05, 3.63) is 0 Å². The molecule has 5 heteroatoms. The monoisotopic (exact) mass is 184 g/mol. The van der Waals surface area contributed by atoms with Gasteiger partial charge in [0.2, 0.25) is 0 Å². The van der Waals surface area contributed by atoms with Crippen molar-refractivity contribution in [3.8, 4) is 0 Å². The molecule has 70 valence electrons. The summed E-state index contributed by atoms with van der Waals surface area (Å²) in [6.07, 6.45) is 5.54. The van der Waals surface area contributed by atoms with Crippen molar-refractivity contribution >= 4 is 7.82 Å². The summed E-state index contributed by atoms with van der Waals surface area (Å²) in [4.78, 5) is 21.6. The Kier molecular flexibility index (Phi) is 10.2. The Bertz CT molecular complexity index is 96.9. The highest BCUT2D eigenvalue weighted by Crippen LogP contribution is 2.25. The van der Waals surface area contributed by atoms with E-state index in [1.54, 1.807) is 0 Å². The van der Waals surface area contributed by atoms with Crippen molar-refractivity contribution in [1.29, 1.82) is 0 Å². The zero-order valence-corrected chi connectivity index (χ0v) is 7.92. The number of unbranched alkanes of at least 4 members (excludes halogenated alkanes) is 3. The predicted molar refractivity (Wildman–Crippen MR) is 44.1 cm³/mol. The summed E-state index contributed by atoms with van der Waals surface area (Å²) in [5, 5.41) is 0. The lowest BCUT2D eigenvalue weighted by molar-refractivity contribution is 0.275.